The van der Waals surface area contributed by atoms with Crippen molar-refractivity contribution in [2.24, 2.45) is 0 Å². The Morgan fingerprint density at radius 3 is 1.94 bits per heavy atom. The maximum Gasteiger partial charge on any atom is 0.472 e. The molecule has 0 aliphatic carbocycles. The fraction of sp³-hybridized carbons (Fsp3) is 0.909. The van der Waals surface area contributed by atoms with E-state index in [-0.39, 0.29) is 19.4 Å². The number of carbonyl (C=O) groups excluding carboxylic acids is 2. The summed E-state index contributed by atoms with van der Waals surface area (Å²) >= 11 is 0. The lowest BCUT2D eigenvalue weighted by atomic mass is 10.1. The van der Waals surface area contributed by atoms with Crippen molar-refractivity contribution in [3.63, 3.8) is 0 Å². The topological polar surface area (TPSA) is 149 Å². The van der Waals surface area contributed by atoms with Crippen LogP contribution in [0.1, 0.15) is 90.9 Å². The van der Waals surface area contributed by atoms with Gasteiger partial charge in [0, 0.05) is 12.8 Å². The second-order valence-corrected chi connectivity index (χ2v) is 9.47. The summed E-state index contributed by atoms with van der Waals surface area (Å²) in [7, 11) is -4.57. The minimum Gasteiger partial charge on any atom is -0.462 e. The van der Waals surface area contributed by atoms with Crippen LogP contribution in [0.3, 0.4) is 0 Å². The Hall–Kier alpha value is -1.03. The van der Waals surface area contributed by atoms with Gasteiger partial charge in [-0.2, -0.15) is 0 Å². The highest BCUT2D eigenvalue weighted by atomic mass is 31.2. The number of unbranched alkanes of at least 4 members (excludes halogenated alkanes) is 8. The first-order chi connectivity index (χ1) is 15.7. The minimum absolute atomic E-state index is 0.185. The number of aliphatic hydroxyl groups excluding tert-OH is 2. The average molecular weight is 499 g/mol. The van der Waals surface area contributed by atoms with E-state index in [2.05, 4.69) is 11.4 Å². The van der Waals surface area contributed by atoms with E-state index in [9.17, 15) is 24.2 Å². The van der Waals surface area contributed by atoms with Crippen LogP contribution in [0.2, 0.25) is 0 Å². The molecule has 0 aliphatic rings. The van der Waals surface area contributed by atoms with Gasteiger partial charge in [0.05, 0.1) is 19.8 Å². The lowest BCUT2D eigenvalue weighted by molar-refractivity contribution is -0.161. The number of phosphoric acid groups is 1. The minimum atomic E-state index is -4.57. The lowest BCUT2D eigenvalue weighted by Crippen LogP contribution is -2.29. The molecule has 0 saturated carbocycles. The van der Waals surface area contributed by atoms with Gasteiger partial charge < -0.3 is 24.6 Å². The molecule has 0 aromatic heterocycles. The molecule has 0 radical (unpaired) electrons. The van der Waals surface area contributed by atoms with Gasteiger partial charge in [0.25, 0.3) is 0 Å². The second kappa shape index (κ2) is 20.4. The summed E-state index contributed by atoms with van der Waals surface area (Å²) in [5.74, 6) is -0.963. The highest BCUT2D eigenvalue weighted by Crippen LogP contribution is 2.43. The monoisotopic (exact) mass is 498 g/mol. The highest BCUT2D eigenvalue weighted by molar-refractivity contribution is 7.47. The third-order valence-electron chi connectivity index (χ3n) is 4.76. The molecule has 3 N–H and O–H groups in total. The third-order valence-corrected chi connectivity index (χ3v) is 5.71. The number of carbonyl (C=O) groups is 2. The molecule has 11 heteroatoms. The van der Waals surface area contributed by atoms with E-state index in [4.69, 9.17) is 19.1 Å². The van der Waals surface area contributed by atoms with Crippen molar-refractivity contribution in [1.29, 1.82) is 0 Å². The summed E-state index contributed by atoms with van der Waals surface area (Å²) in [6.07, 6.45) is 7.82. The maximum absolute atomic E-state index is 12.2. The summed E-state index contributed by atoms with van der Waals surface area (Å²) < 4.78 is 31.8. The molecule has 0 rings (SSSR count). The van der Waals surface area contributed by atoms with E-state index < -0.39 is 51.8 Å². The summed E-state index contributed by atoms with van der Waals surface area (Å²) in [5.41, 5.74) is 0. The summed E-state index contributed by atoms with van der Waals surface area (Å²) in [6.45, 7) is 2.06. The lowest BCUT2D eigenvalue weighted by Gasteiger charge is -2.20. The van der Waals surface area contributed by atoms with E-state index in [0.29, 0.717) is 12.8 Å². The van der Waals surface area contributed by atoms with Crippen molar-refractivity contribution in [2.75, 3.05) is 26.4 Å². The van der Waals surface area contributed by atoms with E-state index in [1.807, 2.05) is 6.92 Å². The maximum atomic E-state index is 12.2. The largest absolute Gasteiger partial charge is 0.472 e. The highest BCUT2D eigenvalue weighted by Gasteiger charge is 2.27. The fourth-order valence-corrected chi connectivity index (χ4v) is 3.60. The molecule has 3 unspecified atom stereocenters. The van der Waals surface area contributed by atoms with Crippen LogP contribution in [0.15, 0.2) is 0 Å². The Morgan fingerprint density at radius 2 is 1.30 bits per heavy atom. The molecule has 0 aliphatic heterocycles. The van der Waals surface area contributed by atoms with Gasteiger partial charge in [0.15, 0.2) is 6.10 Å². The Kier molecular flexibility index (Phi) is 19.7. The molecule has 33 heavy (non-hydrogen) atoms. The van der Waals surface area contributed by atoms with E-state index in [1.54, 1.807) is 0 Å². The second-order valence-electron chi connectivity index (χ2n) is 8.02. The SMILES string of the molecule is CCCCCCCCCC(=O)OC(COC(=O)CCCCC)COP(=O)(O)OCC(O)CO. The standard InChI is InChI=1S/C22H43O10P/c1-3-5-7-8-9-10-12-14-22(26)32-20(17-29-21(25)13-11-6-4-2)18-31-33(27,28)30-16-19(24)15-23/h19-20,23-24H,3-18H2,1-2H3,(H,27,28). The first-order valence-electron chi connectivity index (χ1n) is 12.0. The van der Waals surface area contributed by atoms with Crippen molar-refractivity contribution in [2.45, 2.75) is 103 Å². The number of hydrogen-bond donors (Lipinski definition) is 3. The average Bonchev–Trinajstić information content (AvgIpc) is 2.78. The van der Waals surface area contributed by atoms with Gasteiger partial charge in [0.2, 0.25) is 0 Å². The van der Waals surface area contributed by atoms with Crippen molar-refractivity contribution < 1.29 is 47.8 Å². The Morgan fingerprint density at radius 1 is 0.788 bits per heavy atom. The predicted molar refractivity (Wildman–Crippen MR) is 122 cm³/mol. The van der Waals surface area contributed by atoms with Gasteiger partial charge in [-0.15, -0.1) is 0 Å². The van der Waals surface area contributed by atoms with Gasteiger partial charge in [-0.3, -0.25) is 18.6 Å². The number of aliphatic hydroxyl groups is 2. The van der Waals surface area contributed by atoms with Crippen LogP contribution in [-0.4, -0.2) is 65.7 Å². The zero-order chi connectivity index (χ0) is 25.0. The summed E-state index contributed by atoms with van der Waals surface area (Å²) in [5, 5.41) is 18.0. The van der Waals surface area contributed by atoms with Crippen LogP contribution in [0.25, 0.3) is 0 Å². The Balaban J connectivity index is 4.56. The van der Waals surface area contributed by atoms with Crippen LogP contribution in [0, 0.1) is 0 Å². The summed E-state index contributed by atoms with van der Waals surface area (Å²) in [6, 6.07) is 0. The van der Waals surface area contributed by atoms with Crippen molar-refractivity contribution in [3.05, 3.63) is 0 Å². The molecule has 0 spiro atoms. The number of rotatable bonds is 22. The van der Waals surface area contributed by atoms with Gasteiger partial charge in [-0.25, -0.2) is 4.57 Å². The molecule has 0 aromatic carbocycles. The normalized spacial score (nSPS) is 14.9. The van der Waals surface area contributed by atoms with Crippen molar-refractivity contribution >= 4 is 19.8 Å². The molecule has 0 aromatic rings. The molecule has 0 saturated heterocycles. The number of phosphoric ester groups is 1. The van der Waals surface area contributed by atoms with E-state index in [1.165, 1.54) is 19.3 Å². The zero-order valence-corrected chi connectivity index (χ0v) is 21.0. The van der Waals surface area contributed by atoms with Crippen LogP contribution in [0.4, 0.5) is 0 Å². The molecule has 0 heterocycles. The molecule has 196 valence electrons. The Bertz CT molecular complexity index is 557. The number of ether oxygens (including phenoxy) is 2. The van der Waals surface area contributed by atoms with Gasteiger partial charge in [0.1, 0.15) is 12.7 Å². The van der Waals surface area contributed by atoms with E-state index in [0.717, 1.165) is 32.1 Å². The molecule has 0 amide bonds. The van der Waals surface area contributed by atoms with Crippen molar-refractivity contribution in [1.82, 2.24) is 0 Å². The molecular weight excluding hydrogens is 455 g/mol. The molecule has 0 bridgehead atoms. The fourth-order valence-electron chi connectivity index (χ4n) is 2.81. The van der Waals surface area contributed by atoms with Gasteiger partial charge in [-0.05, 0) is 12.8 Å². The number of esters is 2. The number of hydrogen-bond acceptors (Lipinski definition) is 9. The first kappa shape index (κ1) is 32.0. The van der Waals surface area contributed by atoms with Crippen LogP contribution in [-0.2, 0) is 32.7 Å². The molecular formula is C22H43O10P. The van der Waals surface area contributed by atoms with Crippen LogP contribution < -0.4 is 0 Å². The molecule has 0 fully saturated rings. The quantitative estimate of drug-likeness (QED) is 0.115. The Labute approximate surface area is 197 Å². The van der Waals surface area contributed by atoms with E-state index >= 15 is 0 Å². The third kappa shape index (κ3) is 20.1. The zero-order valence-electron chi connectivity index (χ0n) is 20.1. The first-order valence-corrected chi connectivity index (χ1v) is 13.5. The summed E-state index contributed by atoms with van der Waals surface area (Å²) in [4.78, 5) is 33.7. The van der Waals surface area contributed by atoms with Crippen LogP contribution >= 0.6 is 7.82 Å². The van der Waals surface area contributed by atoms with Gasteiger partial charge in [-0.1, -0.05) is 65.2 Å². The van der Waals surface area contributed by atoms with Crippen LogP contribution in [0.5, 0.6) is 0 Å². The predicted octanol–water partition coefficient (Wildman–Crippen LogP) is 3.65. The molecule has 3 atom stereocenters. The van der Waals surface area contributed by atoms with Crippen molar-refractivity contribution in [3.8, 4) is 0 Å². The molecule has 10 nitrogen and oxygen atoms in total. The van der Waals surface area contributed by atoms with Gasteiger partial charge >= 0.3 is 19.8 Å². The smallest absolute Gasteiger partial charge is 0.462 e.